The van der Waals surface area contributed by atoms with E-state index in [0.29, 0.717) is 12.1 Å². The van der Waals surface area contributed by atoms with Crippen LogP contribution in [0.1, 0.15) is 6.42 Å². The normalized spacial score (nSPS) is 15.2. The van der Waals surface area contributed by atoms with Crippen molar-refractivity contribution in [3.8, 4) is 0 Å². The van der Waals surface area contributed by atoms with Crippen molar-refractivity contribution >= 4 is 17.3 Å². The average Bonchev–Trinajstić information content (AvgIpc) is 2.23. The zero-order valence-electron chi connectivity index (χ0n) is 9.68. The zero-order chi connectivity index (χ0) is 14.2. The van der Waals surface area contributed by atoms with Crippen LogP contribution in [0, 0.1) is 27.7 Å². The van der Waals surface area contributed by atoms with Crippen LogP contribution < -0.4 is 4.90 Å². The minimum Gasteiger partial charge on any atom is -0.481 e. The molecular weight excluding hydrogens is 262 g/mol. The second-order valence-corrected chi connectivity index (χ2v) is 4.38. The Balaban J connectivity index is 2.15. The molecule has 0 saturated carbocycles. The molecule has 102 valence electrons. The van der Waals surface area contributed by atoms with E-state index in [0.717, 1.165) is 0 Å². The number of anilines is 1. The Kier molecular flexibility index (Phi) is 3.32. The van der Waals surface area contributed by atoms with E-state index in [1.54, 1.807) is 0 Å². The molecule has 1 aromatic rings. The first-order valence-corrected chi connectivity index (χ1v) is 5.48. The van der Waals surface area contributed by atoms with Crippen molar-refractivity contribution in [3.05, 3.63) is 33.9 Å². The minimum atomic E-state index is -1.01. The first-order chi connectivity index (χ1) is 8.88. The van der Waals surface area contributed by atoms with E-state index in [9.17, 15) is 23.7 Å². The Hall–Kier alpha value is -2.25. The van der Waals surface area contributed by atoms with Gasteiger partial charge in [-0.1, -0.05) is 0 Å². The molecule has 0 radical (unpaired) electrons. The molecular formula is C11H10F2N2O4. The van der Waals surface area contributed by atoms with Gasteiger partial charge < -0.3 is 10.0 Å². The maximum Gasteiger partial charge on any atom is 0.303 e. The molecule has 19 heavy (non-hydrogen) atoms. The van der Waals surface area contributed by atoms with Gasteiger partial charge >= 0.3 is 5.97 Å². The Morgan fingerprint density at radius 2 is 1.95 bits per heavy atom. The number of non-ortho nitro benzene ring substituents is 1. The summed E-state index contributed by atoms with van der Waals surface area (Å²) >= 11 is 0. The first-order valence-electron chi connectivity index (χ1n) is 5.48. The fourth-order valence-electron chi connectivity index (χ4n) is 2.09. The lowest BCUT2D eigenvalue weighted by Crippen LogP contribution is -2.48. The third-order valence-electron chi connectivity index (χ3n) is 2.95. The number of aliphatic carboxylic acids is 1. The molecule has 6 nitrogen and oxygen atoms in total. The van der Waals surface area contributed by atoms with Gasteiger partial charge in [-0.05, 0) is 0 Å². The molecule has 0 aromatic heterocycles. The number of benzene rings is 1. The third kappa shape index (κ3) is 2.61. The van der Waals surface area contributed by atoms with Crippen molar-refractivity contribution in [1.82, 2.24) is 0 Å². The quantitative estimate of drug-likeness (QED) is 0.667. The molecule has 8 heteroatoms. The summed E-state index contributed by atoms with van der Waals surface area (Å²) in [4.78, 5) is 21.4. The van der Waals surface area contributed by atoms with Gasteiger partial charge in [0.15, 0.2) is 11.6 Å². The van der Waals surface area contributed by atoms with Crippen LogP contribution in [0.4, 0.5) is 20.2 Å². The molecule has 0 spiro atoms. The summed E-state index contributed by atoms with van der Waals surface area (Å²) in [6, 6.07) is 1.31. The average molecular weight is 272 g/mol. The standard InChI is InChI=1S/C11H10F2N2O4/c12-8-2-7(15(18)19)3-9(13)11(8)14-4-6(5-14)1-10(16)17/h2-3,6H,1,4-5H2,(H,16,17). The number of carboxylic acids is 1. The fourth-order valence-corrected chi connectivity index (χ4v) is 2.09. The van der Waals surface area contributed by atoms with Gasteiger partial charge in [0.25, 0.3) is 5.69 Å². The Morgan fingerprint density at radius 3 is 2.37 bits per heavy atom. The van der Waals surface area contributed by atoms with Gasteiger partial charge in [-0.2, -0.15) is 0 Å². The maximum atomic E-state index is 13.6. The molecule has 1 fully saturated rings. The van der Waals surface area contributed by atoms with Gasteiger partial charge in [-0.25, -0.2) is 8.78 Å². The number of nitro groups is 1. The molecule has 1 N–H and O–H groups in total. The second kappa shape index (κ2) is 4.79. The van der Waals surface area contributed by atoms with E-state index in [1.165, 1.54) is 4.90 Å². The predicted molar refractivity (Wildman–Crippen MR) is 61.0 cm³/mol. The van der Waals surface area contributed by atoms with Crippen LogP contribution in [0.15, 0.2) is 12.1 Å². The first kappa shape index (κ1) is 13.2. The van der Waals surface area contributed by atoms with Crippen molar-refractivity contribution in [2.45, 2.75) is 6.42 Å². The van der Waals surface area contributed by atoms with Gasteiger partial charge in [0.2, 0.25) is 0 Å². The molecule has 0 unspecified atom stereocenters. The van der Waals surface area contributed by atoms with Crippen molar-refractivity contribution in [3.63, 3.8) is 0 Å². The number of rotatable bonds is 4. The largest absolute Gasteiger partial charge is 0.481 e. The summed E-state index contributed by atoms with van der Waals surface area (Å²) in [5.41, 5.74) is -0.992. The molecule has 0 bridgehead atoms. The lowest BCUT2D eigenvalue weighted by atomic mass is 9.95. The van der Waals surface area contributed by atoms with Crippen LogP contribution in [0.3, 0.4) is 0 Å². The SMILES string of the molecule is O=C(O)CC1CN(c2c(F)cc([N+](=O)[O-])cc2F)C1. The zero-order valence-corrected chi connectivity index (χ0v) is 9.68. The fraction of sp³-hybridized carbons (Fsp3) is 0.364. The number of hydrogen-bond donors (Lipinski definition) is 1. The molecule has 1 saturated heterocycles. The van der Waals surface area contributed by atoms with Gasteiger partial charge in [0.05, 0.1) is 23.5 Å². The second-order valence-electron chi connectivity index (χ2n) is 4.38. The highest BCUT2D eigenvalue weighted by Crippen LogP contribution is 2.33. The summed E-state index contributed by atoms with van der Waals surface area (Å²) in [7, 11) is 0. The molecule has 1 heterocycles. The van der Waals surface area contributed by atoms with E-state index in [4.69, 9.17) is 5.11 Å². The highest BCUT2D eigenvalue weighted by molar-refractivity contribution is 5.68. The van der Waals surface area contributed by atoms with Gasteiger partial charge in [-0.3, -0.25) is 14.9 Å². The molecule has 1 aromatic carbocycles. The topological polar surface area (TPSA) is 83.7 Å². The molecule has 2 rings (SSSR count). The van der Waals surface area contributed by atoms with Crippen LogP contribution in [0.25, 0.3) is 0 Å². The molecule has 0 atom stereocenters. The summed E-state index contributed by atoms with van der Waals surface area (Å²) in [6.07, 6.45) is -0.0628. The lowest BCUT2D eigenvalue weighted by molar-refractivity contribution is -0.385. The summed E-state index contributed by atoms with van der Waals surface area (Å²) in [5.74, 6) is -3.15. The van der Waals surface area contributed by atoms with E-state index < -0.39 is 28.2 Å². The summed E-state index contributed by atoms with van der Waals surface area (Å²) in [6.45, 7) is 0.440. The van der Waals surface area contributed by atoms with Crippen LogP contribution in [0.2, 0.25) is 0 Å². The van der Waals surface area contributed by atoms with Crippen LogP contribution in [-0.2, 0) is 4.79 Å². The monoisotopic (exact) mass is 272 g/mol. The lowest BCUT2D eigenvalue weighted by Gasteiger charge is -2.40. The highest BCUT2D eigenvalue weighted by atomic mass is 19.1. The van der Waals surface area contributed by atoms with Crippen LogP contribution in [-0.4, -0.2) is 29.1 Å². The van der Waals surface area contributed by atoms with Crippen molar-refractivity contribution in [1.29, 1.82) is 0 Å². The van der Waals surface area contributed by atoms with E-state index in [1.807, 2.05) is 0 Å². The van der Waals surface area contributed by atoms with E-state index in [2.05, 4.69) is 0 Å². The number of halogens is 2. The van der Waals surface area contributed by atoms with Gasteiger partial charge in [0.1, 0.15) is 5.69 Å². The van der Waals surface area contributed by atoms with Gasteiger partial charge in [-0.15, -0.1) is 0 Å². The summed E-state index contributed by atoms with van der Waals surface area (Å²) < 4.78 is 27.3. The maximum absolute atomic E-state index is 13.6. The molecule has 1 aliphatic heterocycles. The number of nitrogens with zero attached hydrogens (tertiary/aromatic N) is 2. The molecule has 0 aliphatic carbocycles. The van der Waals surface area contributed by atoms with E-state index >= 15 is 0 Å². The number of carboxylic acid groups (broad SMARTS) is 1. The Morgan fingerprint density at radius 1 is 1.42 bits per heavy atom. The summed E-state index contributed by atoms with van der Waals surface area (Å²) in [5, 5.41) is 19.0. The van der Waals surface area contributed by atoms with Crippen molar-refractivity contribution < 1.29 is 23.6 Å². The number of hydrogen-bond acceptors (Lipinski definition) is 4. The predicted octanol–water partition coefficient (Wildman–Crippen LogP) is 1.78. The highest BCUT2D eigenvalue weighted by Gasteiger charge is 2.33. The van der Waals surface area contributed by atoms with Crippen LogP contribution in [0.5, 0.6) is 0 Å². The molecule has 0 amide bonds. The van der Waals surface area contributed by atoms with Crippen LogP contribution >= 0.6 is 0 Å². The van der Waals surface area contributed by atoms with Gasteiger partial charge in [0, 0.05) is 19.0 Å². The Labute approximate surface area is 106 Å². The van der Waals surface area contributed by atoms with Crippen molar-refractivity contribution in [2.75, 3.05) is 18.0 Å². The third-order valence-corrected chi connectivity index (χ3v) is 2.95. The number of carbonyl (C=O) groups is 1. The smallest absolute Gasteiger partial charge is 0.303 e. The molecule has 1 aliphatic rings. The minimum absolute atomic E-state index is 0.0628. The Bertz CT molecular complexity index is 520. The van der Waals surface area contributed by atoms with Crippen molar-refractivity contribution in [2.24, 2.45) is 5.92 Å². The van der Waals surface area contributed by atoms with E-state index in [-0.39, 0.29) is 31.1 Å². The number of nitro benzene ring substituents is 1.